The van der Waals surface area contributed by atoms with E-state index < -0.39 is 12.1 Å². The van der Waals surface area contributed by atoms with Crippen molar-refractivity contribution in [1.29, 1.82) is 5.26 Å². The summed E-state index contributed by atoms with van der Waals surface area (Å²) in [6, 6.07) is 1.96. The monoisotopic (exact) mass is 312 g/mol. The Morgan fingerprint density at radius 3 is 2.32 bits per heavy atom. The van der Waals surface area contributed by atoms with Gasteiger partial charge in [0, 0.05) is 19.2 Å². The summed E-state index contributed by atoms with van der Waals surface area (Å²) < 4.78 is 10.4. The minimum atomic E-state index is -0.682. The molecular weight excluding hydrogens is 284 g/mol. The summed E-state index contributed by atoms with van der Waals surface area (Å²) in [6.07, 6.45) is 0.441. The molecule has 0 saturated heterocycles. The van der Waals surface area contributed by atoms with Crippen molar-refractivity contribution >= 4 is 11.9 Å². The second-order valence-electron chi connectivity index (χ2n) is 5.89. The number of hydrogen-bond donors (Lipinski definition) is 0. The van der Waals surface area contributed by atoms with E-state index in [0.29, 0.717) is 19.1 Å². The fraction of sp³-hybridized carbons (Fsp3) is 0.812. The maximum atomic E-state index is 12.0. The third kappa shape index (κ3) is 8.63. The third-order valence-corrected chi connectivity index (χ3v) is 3.14. The number of nitrogens with zero attached hydrogens (tertiary/aromatic N) is 2. The highest BCUT2D eigenvalue weighted by molar-refractivity contribution is 5.82. The summed E-state index contributed by atoms with van der Waals surface area (Å²) >= 11 is 0. The van der Waals surface area contributed by atoms with E-state index in [9.17, 15) is 9.59 Å². The molecule has 0 aliphatic carbocycles. The Labute approximate surface area is 133 Å². The zero-order valence-electron chi connectivity index (χ0n) is 14.3. The minimum absolute atomic E-state index is 0.0423. The van der Waals surface area contributed by atoms with Crippen LogP contribution in [0.1, 0.15) is 47.5 Å². The molecule has 1 atom stereocenters. The fourth-order valence-electron chi connectivity index (χ4n) is 1.72. The molecule has 0 N–H and O–H groups in total. The molecule has 0 bridgehead atoms. The van der Waals surface area contributed by atoms with Gasteiger partial charge >= 0.3 is 5.97 Å². The number of carbonyl (C=O) groups is 2. The maximum Gasteiger partial charge on any atom is 0.335 e. The van der Waals surface area contributed by atoms with E-state index >= 15 is 0 Å². The van der Waals surface area contributed by atoms with Gasteiger partial charge < -0.3 is 14.4 Å². The smallest absolute Gasteiger partial charge is 0.335 e. The van der Waals surface area contributed by atoms with E-state index in [0.717, 1.165) is 6.42 Å². The van der Waals surface area contributed by atoms with Crippen LogP contribution in [0.3, 0.4) is 0 Å². The lowest BCUT2D eigenvalue weighted by molar-refractivity contribution is -0.161. The van der Waals surface area contributed by atoms with Crippen molar-refractivity contribution in [3.8, 4) is 6.07 Å². The Bertz CT molecular complexity index is 388. The zero-order valence-corrected chi connectivity index (χ0v) is 14.3. The Balaban J connectivity index is 4.20. The van der Waals surface area contributed by atoms with E-state index in [-0.39, 0.29) is 25.0 Å². The molecule has 0 rings (SSSR count). The normalized spacial score (nSPS) is 12.1. The van der Waals surface area contributed by atoms with Crippen LogP contribution in [-0.2, 0) is 19.1 Å². The molecule has 6 heteroatoms. The van der Waals surface area contributed by atoms with Gasteiger partial charge in [-0.1, -0.05) is 13.8 Å². The first-order chi connectivity index (χ1) is 10.3. The molecule has 0 heterocycles. The summed E-state index contributed by atoms with van der Waals surface area (Å²) in [5.41, 5.74) is 0. The van der Waals surface area contributed by atoms with Gasteiger partial charge in [-0.2, -0.15) is 5.26 Å². The van der Waals surface area contributed by atoms with Gasteiger partial charge in [0.05, 0.1) is 12.5 Å². The van der Waals surface area contributed by atoms with Crippen LogP contribution < -0.4 is 0 Å². The molecule has 0 aliphatic rings. The molecule has 0 aliphatic heterocycles. The SMILES string of the molecule is CC(C)CCOC(C)C(=O)OCC(=O)N(CCC#N)C(C)C. The van der Waals surface area contributed by atoms with Crippen molar-refractivity contribution in [3.63, 3.8) is 0 Å². The summed E-state index contributed by atoms with van der Waals surface area (Å²) in [5, 5.41) is 8.60. The number of rotatable bonds is 10. The quantitative estimate of drug-likeness (QED) is 0.577. The lowest BCUT2D eigenvalue weighted by Crippen LogP contribution is -2.41. The van der Waals surface area contributed by atoms with Gasteiger partial charge in [0.25, 0.3) is 5.91 Å². The van der Waals surface area contributed by atoms with E-state index in [1.807, 2.05) is 19.9 Å². The van der Waals surface area contributed by atoms with Crippen LogP contribution in [0.4, 0.5) is 0 Å². The third-order valence-electron chi connectivity index (χ3n) is 3.14. The zero-order chi connectivity index (χ0) is 17.1. The molecule has 126 valence electrons. The first-order valence-corrected chi connectivity index (χ1v) is 7.74. The van der Waals surface area contributed by atoms with Crippen LogP contribution in [0, 0.1) is 17.2 Å². The summed E-state index contributed by atoms with van der Waals surface area (Å²) in [4.78, 5) is 25.3. The Kier molecular flexibility index (Phi) is 10.2. The molecular formula is C16H28N2O4. The highest BCUT2D eigenvalue weighted by atomic mass is 16.6. The van der Waals surface area contributed by atoms with Gasteiger partial charge in [0.1, 0.15) is 0 Å². The first kappa shape index (κ1) is 20.4. The van der Waals surface area contributed by atoms with E-state index in [4.69, 9.17) is 14.7 Å². The number of carbonyl (C=O) groups excluding carboxylic acids is 2. The van der Waals surface area contributed by atoms with Crippen LogP contribution in [0.15, 0.2) is 0 Å². The minimum Gasteiger partial charge on any atom is -0.454 e. The Morgan fingerprint density at radius 1 is 1.18 bits per heavy atom. The Morgan fingerprint density at radius 2 is 1.82 bits per heavy atom. The molecule has 0 aromatic heterocycles. The molecule has 0 aromatic carbocycles. The van der Waals surface area contributed by atoms with E-state index in [2.05, 4.69) is 13.8 Å². The van der Waals surface area contributed by atoms with Gasteiger partial charge in [0.15, 0.2) is 12.7 Å². The lowest BCUT2D eigenvalue weighted by atomic mass is 10.1. The number of amides is 1. The summed E-state index contributed by atoms with van der Waals surface area (Å²) in [7, 11) is 0. The van der Waals surface area contributed by atoms with E-state index in [1.54, 1.807) is 6.92 Å². The van der Waals surface area contributed by atoms with Crippen molar-refractivity contribution in [2.75, 3.05) is 19.8 Å². The highest BCUT2D eigenvalue weighted by Gasteiger charge is 2.21. The van der Waals surface area contributed by atoms with Gasteiger partial charge in [0.2, 0.25) is 0 Å². The van der Waals surface area contributed by atoms with Crippen molar-refractivity contribution in [1.82, 2.24) is 4.90 Å². The van der Waals surface area contributed by atoms with Crippen LogP contribution in [0.2, 0.25) is 0 Å². The second-order valence-corrected chi connectivity index (χ2v) is 5.89. The van der Waals surface area contributed by atoms with E-state index in [1.165, 1.54) is 4.90 Å². The predicted molar refractivity (Wildman–Crippen MR) is 82.9 cm³/mol. The van der Waals surface area contributed by atoms with Crippen LogP contribution in [-0.4, -0.2) is 48.7 Å². The van der Waals surface area contributed by atoms with Crippen molar-refractivity contribution in [2.24, 2.45) is 5.92 Å². The van der Waals surface area contributed by atoms with Crippen molar-refractivity contribution < 1.29 is 19.1 Å². The molecule has 1 amide bonds. The first-order valence-electron chi connectivity index (χ1n) is 7.74. The number of nitriles is 1. The van der Waals surface area contributed by atoms with Crippen LogP contribution in [0.25, 0.3) is 0 Å². The molecule has 0 aromatic rings. The lowest BCUT2D eigenvalue weighted by Gasteiger charge is -2.25. The number of hydrogen-bond acceptors (Lipinski definition) is 5. The molecule has 0 spiro atoms. The van der Waals surface area contributed by atoms with Crippen molar-refractivity contribution in [2.45, 2.75) is 59.6 Å². The molecule has 22 heavy (non-hydrogen) atoms. The second kappa shape index (κ2) is 11.0. The van der Waals surface area contributed by atoms with Gasteiger partial charge in [-0.05, 0) is 33.1 Å². The molecule has 6 nitrogen and oxygen atoms in total. The largest absolute Gasteiger partial charge is 0.454 e. The molecule has 1 unspecified atom stereocenters. The Hall–Kier alpha value is -1.61. The topological polar surface area (TPSA) is 79.6 Å². The molecule has 0 saturated carbocycles. The maximum absolute atomic E-state index is 12.0. The number of esters is 1. The highest BCUT2D eigenvalue weighted by Crippen LogP contribution is 2.04. The van der Waals surface area contributed by atoms with Crippen molar-refractivity contribution in [3.05, 3.63) is 0 Å². The predicted octanol–water partition coefficient (Wildman–Crippen LogP) is 2.13. The van der Waals surface area contributed by atoms with Gasteiger partial charge in [-0.15, -0.1) is 0 Å². The average molecular weight is 312 g/mol. The molecule has 0 fully saturated rings. The average Bonchev–Trinajstić information content (AvgIpc) is 2.44. The molecule has 0 radical (unpaired) electrons. The van der Waals surface area contributed by atoms with Crippen LogP contribution >= 0.6 is 0 Å². The summed E-state index contributed by atoms with van der Waals surface area (Å²) in [5.74, 6) is -0.335. The fourth-order valence-corrected chi connectivity index (χ4v) is 1.72. The standard InChI is InChI=1S/C16H28N2O4/c1-12(2)7-10-21-14(5)16(20)22-11-15(19)18(13(3)4)9-6-8-17/h12-14H,6-7,9-11H2,1-5H3. The van der Waals surface area contributed by atoms with Gasteiger partial charge in [-0.3, -0.25) is 4.79 Å². The number of ether oxygens (including phenoxy) is 2. The van der Waals surface area contributed by atoms with Crippen LogP contribution in [0.5, 0.6) is 0 Å². The van der Waals surface area contributed by atoms with Gasteiger partial charge in [-0.25, -0.2) is 4.79 Å². The summed E-state index contributed by atoms with van der Waals surface area (Å²) in [6.45, 7) is 9.99.